The van der Waals surface area contributed by atoms with E-state index < -0.39 is 0 Å². The van der Waals surface area contributed by atoms with Crippen LogP contribution < -0.4 is 5.56 Å². The van der Waals surface area contributed by atoms with Crippen LogP contribution in [0, 0.1) is 6.92 Å². The number of hydrogen-bond donors (Lipinski definition) is 0. The second-order valence-electron chi connectivity index (χ2n) is 4.30. The van der Waals surface area contributed by atoms with Crippen LogP contribution in [0.3, 0.4) is 0 Å². The van der Waals surface area contributed by atoms with Crippen molar-refractivity contribution in [3.8, 4) is 0 Å². The van der Waals surface area contributed by atoms with E-state index in [-0.39, 0.29) is 17.9 Å². The zero-order valence-electron chi connectivity index (χ0n) is 10.4. The molecule has 0 N–H and O–H groups in total. The van der Waals surface area contributed by atoms with E-state index in [0.29, 0.717) is 19.4 Å². The molecule has 0 aliphatic rings. The Bertz CT molecular complexity index is 863. The third-order valence-electron chi connectivity index (χ3n) is 2.89. The van der Waals surface area contributed by atoms with Crippen LogP contribution in [0.2, 0.25) is 4.34 Å². The summed E-state index contributed by atoms with van der Waals surface area (Å²) in [6.07, 6.45) is 1.43. The molecule has 0 radical (unpaired) electrons. The average molecular weight is 325 g/mol. The van der Waals surface area contributed by atoms with Crippen molar-refractivity contribution in [1.29, 1.82) is 0 Å². The van der Waals surface area contributed by atoms with Crippen molar-refractivity contribution in [2.45, 2.75) is 13.5 Å². The maximum atomic E-state index is 12.3. The molecule has 0 aliphatic heterocycles. The number of fused-ring (bicyclic) bond motifs is 1. The Kier molecular flexibility index (Phi) is 3.45. The Hall–Kier alpha value is -1.50. The van der Waals surface area contributed by atoms with Gasteiger partial charge in [-0.05, 0) is 30.0 Å². The van der Waals surface area contributed by atoms with Crippen LogP contribution in [0.1, 0.15) is 15.2 Å². The van der Waals surface area contributed by atoms with E-state index in [2.05, 4.69) is 4.98 Å². The highest BCUT2D eigenvalue weighted by atomic mass is 35.5. The first-order valence-corrected chi connectivity index (χ1v) is 7.85. The fourth-order valence-corrected chi connectivity index (χ4v) is 3.79. The Balaban J connectivity index is 1.97. The van der Waals surface area contributed by atoms with Gasteiger partial charge in [0.2, 0.25) is 0 Å². The topological polar surface area (TPSA) is 52.0 Å². The van der Waals surface area contributed by atoms with Crippen molar-refractivity contribution in [3.05, 3.63) is 49.0 Å². The molecule has 3 rings (SSSR count). The third-order valence-corrected chi connectivity index (χ3v) is 5.23. The lowest BCUT2D eigenvalue weighted by molar-refractivity contribution is 0.0974. The van der Waals surface area contributed by atoms with E-state index in [9.17, 15) is 9.59 Å². The molecular formula is C13H9ClN2O2S2. The first-order valence-electron chi connectivity index (χ1n) is 5.78. The highest BCUT2D eigenvalue weighted by Crippen LogP contribution is 2.22. The number of aromatic nitrogens is 2. The van der Waals surface area contributed by atoms with E-state index >= 15 is 0 Å². The van der Waals surface area contributed by atoms with Crippen LogP contribution in [-0.4, -0.2) is 15.3 Å². The normalized spacial score (nSPS) is 11.1. The summed E-state index contributed by atoms with van der Waals surface area (Å²) in [6.45, 7) is 1.89. The van der Waals surface area contributed by atoms with Crippen molar-refractivity contribution in [2.24, 2.45) is 0 Å². The maximum absolute atomic E-state index is 12.3. The van der Waals surface area contributed by atoms with Crippen molar-refractivity contribution >= 4 is 50.3 Å². The molecule has 3 aromatic heterocycles. The summed E-state index contributed by atoms with van der Waals surface area (Å²) in [4.78, 5) is 29.2. The minimum Gasteiger partial charge on any atom is -0.291 e. The summed E-state index contributed by atoms with van der Waals surface area (Å²) in [7, 11) is 0. The van der Waals surface area contributed by atoms with Crippen LogP contribution in [0.4, 0.5) is 0 Å². The number of nitrogens with zero attached hydrogens (tertiary/aromatic N) is 2. The molecule has 0 atom stereocenters. The minimum absolute atomic E-state index is 0.0183. The summed E-state index contributed by atoms with van der Waals surface area (Å²) in [5, 5.41) is 1.89. The number of rotatable bonds is 3. The third kappa shape index (κ3) is 2.30. The smallest absolute Gasteiger partial charge is 0.271 e. The largest absolute Gasteiger partial charge is 0.291 e. The SMILES string of the molecule is Cc1csc2c(=O)n(CC(=O)c3ccc(Cl)s3)cnc12. The summed E-state index contributed by atoms with van der Waals surface area (Å²) < 4.78 is 2.49. The molecule has 7 heteroatoms. The lowest BCUT2D eigenvalue weighted by atomic mass is 10.3. The number of ketones is 1. The highest BCUT2D eigenvalue weighted by molar-refractivity contribution is 7.18. The predicted octanol–water partition coefficient (Wildman–Crippen LogP) is 3.36. The summed E-state index contributed by atoms with van der Waals surface area (Å²) in [5.74, 6) is -0.140. The quantitative estimate of drug-likeness (QED) is 0.694. The molecule has 0 saturated carbocycles. The number of carbonyl (C=O) groups excluding carboxylic acids is 1. The van der Waals surface area contributed by atoms with Gasteiger partial charge in [-0.25, -0.2) is 4.98 Å². The molecule has 0 aromatic carbocycles. The molecule has 0 aliphatic carbocycles. The van der Waals surface area contributed by atoms with Gasteiger partial charge in [0.25, 0.3) is 5.56 Å². The average Bonchev–Trinajstić information content (AvgIpc) is 3.00. The van der Waals surface area contributed by atoms with Crippen LogP contribution in [0.5, 0.6) is 0 Å². The molecule has 0 spiro atoms. The number of carbonyl (C=O) groups is 1. The number of thiophene rings is 2. The Morgan fingerprint density at radius 3 is 2.95 bits per heavy atom. The van der Waals surface area contributed by atoms with E-state index in [0.717, 1.165) is 5.56 Å². The van der Waals surface area contributed by atoms with Gasteiger partial charge >= 0.3 is 0 Å². The van der Waals surface area contributed by atoms with E-state index in [1.165, 1.54) is 33.6 Å². The standard InChI is InChI=1S/C13H9ClN2O2S2/c1-7-5-19-12-11(7)15-6-16(13(12)18)4-8(17)9-2-3-10(14)20-9/h2-3,5-6H,4H2,1H3. The summed E-state index contributed by atoms with van der Waals surface area (Å²) >= 11 is 8.37. The molecule has 0 amide bonds. The maximum Gasteiger partial charge on any atom is 0.271 e. The van der Waals surface area contributed by atoms with Gasteiger partial charge in [0.05, 0.1) is 27.6 Å². The van der Waals surface area contributed by atoms with Crippen LogP contribution >= 0.6 is 34.3 Å². The van der Waals surface area contributed by atoms with E-state index in [1.54, 1.807) is 12.1 Å². The number of hydrogen-bond acceptors (Lipinski definition) is 5. The Morgan fingerprint density at radius 2 is 2.25 bits per heavy atom. The molecule has 3 aromatic rings. The lowest BCUT2D eigenvalue weighted by Crippen LogP contribution is -2.23. The summed E-state index contributed by atoms with van der Waals surface area (Å²) in [5.41, 5.74) is 1.51. The first kappa shape index (κ1) is 13.5. The molecule has 0 unspecified atom stereocenters. The molecule has 4 nitrogen and oxygen atoms in total. The fourth-order valence-electron chi connectivity index (χ4n) is 1.87. The monoisotopic (exact) mass is 324 g/mol. The van der Waals surface area contributed by atoms with Crippen molar-refractivity contribution in [1.82, 2.24) is 9.55 Å². The second kappa shape index (κ2) is 5.12. The zero-order valence-corrected chi connectivity index (χ0v) is 12.8. The minimum atomic E-state index is -0.177. The van der Waals surface area contributed by atoms with Gasteiger partial charge in [0, 0.05) is 0 Å². The molecule has 0 fully saturated rings. The Labute approximate surface area is 127 Å². The van der Waals surface area contributed by atoms with Crippen LogP contribution in [-0.2, 0) is 6.54 Å². The first-order chi connectivity index (χ1) is 9.56. The molecule has 0 bridgehead atoms. The summed E-state index contributed by atoms with van der Waals surface area (Å²) in [6, 6.07) is 3.34. The number of aryl methyl sites for hydroxylation is 1. The zero-order chi connectivity index (χ0) is 14.3. The molecular weight excluding hydrogens is 316 g/mol. The van der Waals surface area contributed by atoms with Crippen molar-refractivity contribution in [3.63, 3.8) is 0 Å². The predicted molar refractivity (Wildman–Crippen MR) is 82.3 cm³/mol. The van der Waals surface area contributed by atoms with Crippen molar-refractivity contribution < 1.29 is 4.79 Å². The van der Waals surface area contributed by atoms with Gasteiger partial charge in [-0.3, -0.25) is 14.2 Å². The van der Waals surface area contributed by atoms with E-state index in [4.69, 9.17) is 11.6 Å². The van der Waals surface area contributed by atoms with Crippen LogP contribution in [0.15, 0.2) is 28.6 Å². The van der Waals surface area contributed by atoms with Gasteiger partial charge in [0.15, 0.2) is 5.78 Å². The molecule has 0 saturated heterocycles. The van der Waals surface area contributed by atoms with Gasteiger partial charge in [-0.1, -0.05) is 11.6 Å². The lowest BCUT2D eigenvalue weighted by Gasteiger charge is -2.03. The van der Waals surface area contributed by atoms with Gasteiger partial charge in [-0.15, -0.1) is 22.7 Å². The van der Waals surface area contributed by atoms with E-state index in [1.807, 2.05) is 12.3 Å². The molecule has 20 heavy (non-hydrogen) atoms. The van der Waals surface area contributed by atoms with Gasteiger partial charge in [-0.2, -0.15) is 0 Å². The van der Waals surface area contributed by atoms with Gasteiger partial charge in [0.1, 0.15) is 4.70 Å². The molecule has 3 heterocycles. The fraction of sp³-hybridized carbons (Fsp3) is 0.154. The highest BCUT2D eigenvalue weighted by Gasteiger charge is 2.13. The number of Topliss-reactive ketones (excluding diaryl/α,β-unsaturated/α-hetero) is 1. The van der Waals surface area contributed by atoms with Gasteiger partial charge < -0.3 is 0 Å². The second-order valence-corrected chi connectivity index (χ2v) is 6.90. The van der Waals surface area contributed by atoms with Crippen molar-refractivity contribution in [2.75, 3.05) is 0 Å². The molecule has 102 valence electrons. The van der Waals surface area contributed by atoms with Crippen LogP contribution in [0.25, 0.3) is 10.2 Å². The Morgan fingerprint density at radius 1 is 1.45 bits per heavy atom. The number of halogens is 1.